The third-order valence-corrected chi connectivity index (χ3v) is 5.68. The van der Waals surface area contributed by atoms with Crippen LogP contribution in [0.3, 0.4) is 0 Å². The van der Waals surface area contributed by atoms with Crippen LogP contribution in [0.1, 0.15) is 31.2 Å². The third kappa shape index (κ3) is 5.99. The second kappa shape index (κ2) is 9.97. The number of thioether (sulfide) groups is 1. The van der Waals surface area contributed by atoms with Gasteiger partial charge in [0.25, 0.3) is 0 Å². The summed E-state index contributed by atoms with van der Waals surface area (Å²) in [6.45, 7) is 2.94. The van der Waals surface area contributed by atoms with Gasteiger partial charge in [-0.3, -0.25) is 4.99 Å². The lowest BCUT2D eigenvalue weighted by atomic mass is 10.1. The normalized spacial score (nSPS) is 19.4. The molecule has 3 rings (SSSR count). The number of likely N-dealkylation sites (tertiary alicyclic amines) is 1. The average molecular weight is 478 g/mol. The van der Waals surface area contributed by atoms with Crippen molar-refractivity contribution < 1.29 is 4.39 Å². The topological polar surface area (TPSA) is 39.7 Å². The van der Waals surface area contributed by atoms with Crippen molar-refractivity contribution in [1.29, 1.82) is 0 Å². The fraction of sp³-hybridized carbons (Fsp3) is 0.611. The number of hydrogen-bond donors (Lipinski definition) is 2. The van der Waals surface area contributed by atoms with Crippen LogP contribution in [0.25, 0.3) is 0 Å². The lowest BCUT2D eigenvalue weighted by molar-refractivity contribution is 0.197. The Morgan fingerprint density at radius 2 is 2.00 bits per heavy atom. The minimum Gasteiger partial charge on any atom is -0.354 e. The Balaban J connectivity index is 0.00000225. The van der Waals surface area contributed by atoms with Crippen molar-refractivity contribution in [2.45, 2.75) is 49.2 Å². The van der Waals surface area contributed by atoms with Gasteiger partial charge in [0.1, 0.15) is 5.82 Å². The highest BCUT2D eigenvalue weighted by Gasteiger charge is 2.31. The summed E-state index contributed by atoms with van der Waals surface area (Å²) in [4.78, 5) is 8.03. The van der Waals surface area contributed by atoms with Gasteiger partial charge in [0, 0.05) is 43.7 Å². The van der Waals surface area contributed by atoms with Crippen LogP contribution in [0.2, 0.25) is 0 Å². The van der Waals surface area contributed by atoms with Crippen molar-refractivity contribution in [2.24, 2.45) is 4.99 Å². The standard InChI is InChI=1S/C18H27FN4S.HI/c1-20-18(21-12-13-11-14(19)3-6-17(13)24-2)22-15-7-9-23(10-8-15)16-4-5-16;/h3,6,11,15-16H,4-5,7-10,12H2,1-2H3,(H2,20,21,22);1H. The molecule has 2 fully saturated rings. The van der Waals surface area contributed by atoms with Gasteiger partial charge in [-0.25, -0.2) is 4.39 Å². The molecule has 4 nitrogen and oxygen atoms in total. The number of aliphatic imine (C=N–C) groups is 1. The molecule has 7 heteroatoms. The molecule has 0 spiro atoms. The zero-order valence-electron chi connectivity index (χ0n) is 14.9. The van der Waals surface area contributed by atoms with E-state index in [1.54, 1.807) is 24.9 Å². The Labute approximate surface area is 171 Å². The SMILES string of the molecule is CN=C(NCc1cc(F)ccc1SC)NC1CCN(C2CC2)CC1.I. The summed E-state index contributed by atoms with van der Waals surface area (Å²) >= 11 is 1.64. The zero-order chi connectivity index (χ0) is 16.9. The van der Waals surface area contributed by atoms with Gasteiger partial charge in [-0.1, -0.05) is 0 Å². The molecule has 140 valence electrons. The smallest absolute Gasteiger partial charge is 0.191 e. The number of guanidine groups is 1. The maximum Gasteiger partial charge on any atom is 0.191 e. The van der Waals surface area contributed by atoms with Crippen LogP contribution in [0.5, 0.6) is 0 Å². The second-order valence-electron chi connectivity index (χ2n) is 6.57. The highest BCUT2D eigenvalue weighted by atomic mass is 127. The van der Waals surface area contributed by atoms with Crippen LogP contribution in [0, 0.1) is 5.82 Å². The molecule has 0 radical (unpaired) electrons. The van der Waals surface area contributed by atoms with E-state index in [2.05, 4.69) is 20.5 Å². The maximum atomic E-state index is 13.5. The molecule has 1 aromatic rings. The van der Waals surface area contributed by atoms with Crippen LogP contribution < -0.4 is 10.6 Å². The summed E-state index contributed by atoms with van der Waals surface area (Å²) in [7, 11) is 1.79. The van der Waals surface area contributed by atoms with Crippen molar-refractivity contribution in [2.75, 3.05) is 26.4 Å². The number of nitrogens with one attached hydrogen (secondary N) is 2. The van der Waals surface area contributed by atoms with E-state index in [0.29, 0.717) is 12.6 Å². The second-order valence-corrected chi connectivity index (χ2v) is 7.42. The van der Waals surface area contributed by atoms with E-state index in [1.807, 2.05) is 12.3 Å². The molecule has 1 saturated carbocycles. The third-order valence-electron chi connectivity index (χ3n) is 4.85. The van der Waals surface area contributed by atoms with Gasteiger partial charge >= 0.3 is 0 Å². The van der Waals surface area contributed by atoms with Gasteiger partial charge in [-0.15, -0.1) is 35.7 Å². The van der Waals surface area contributed by atoms with Crippen LogP contribution in [-0.4, -0.2) is 49.3 Å². The minimum atomic E-state index is -0.194. The van der Waals surface area contributed by atoms with Crippen LogP contribution in [0.15, 0.2) is 28.1 Å². The van der Waals surface area contributed by atoms with E-state index < -0.39 is 0 Å². The summed E-state index contributed by atoms with van der Waals surface area (Å²) in [6, 6.07) is 6.27. The lowest BCUT2D eigenvalue weighted by Crippen LogP contribution is -2.48. The van der Waals surface area contributed by atoms with Crippen molar-refractivity contribution in [3.05, 3.63) is 29.6 Å². The van der Waals surface area contributed by atoms with Gasteiger partial charge in [-0.05, 0) is 55.7 Å². The summed E-state index contributed by atoms with van der Waals surface area (Å²) in [5.41, 5.74) is 0.967. The minimum absolute atomic E-state index is 0. The van der Waals surface area contributed by atoms with Crippen molar-refractivity contribution >= 4 is 41.7 Å². The fourth-order valence-electron chi connectivity index (χ4n) is 3.30. The molecule has 25 heavy (non-hydrogen) atoms. The summed E-state index contributed by atoms with van der Waals surface area (Å²) in [6.07, 6.45) is 7.09. The first-order chi connectivity index (χ1) is 11.7. The van der Waals surface area contributed by atoms with E-state index in [4.69, 9.17) is 0 Å². The predicted octanol–water partition coefficient (Wildman–Crippen LogP) is 3.46. The van der Waals surface area contributed by atoms with Gasteiger partial charge in [-0.2, -0.15) is 0 Å². The highest BCUT2D eigenvalue weighted by Crippen LogP contribution is 2.29. The molecule has 1 aromatic carbocycles. The Morgan fingerprint density at radius 3 is 2.60 bits per heavy atom. The first kappa shape index (κ1) is 20.8. The average Bonchev–Trinajstić information content (AvgIpc) is 3.44. The Bertz CT molecular complexity index is 586. The van der Waals surface area contributed by atoms with E-state index >= 15 is 0 Å². The molecule has 1 heterocycles. The Hall–Kier alpha value is -0.540. The van der Waals surface area contributed by atoms with E-state index in [1.165, 1.54) is 32.0 Å². The largest absolute Gasteiger partial charge is 0.354 e. The highest BCUT2D eigenvalue weighted by molar-refractivity contribution is 14.0. The van der Waals surface area contributed by atoms with Crippen molar-refractivity contribution in [3.63, 3.8) is 0 Å². The van der Waals surface area contributed by atoms with Crippen LogP contribution in [0.4, 0.5) is 4.39 Å². The van der Waals surface area contributed by atoms with Crippen LogP contribution >= 0.6 is 35.7 Å². The number of rotatable bonds is 5. The molecule has 1 saturated heterocycles. The first-order valence-corrected chi connectivity index (χ1v) is 9.95. The van der Waals surface area contributed by atoms with Crippen molar-refractivity contribution in [3.8, 4) is 0 Å². The van der Waals surface area contributed by atoms with Gasteiger partial charge < -0.3 is 15.5 Å². The summed E-state index contributed by atoms with van der Waals surface area (Å²) < 4.78 is 13.5. The first-order valence-electron chi connectivity index (χ1n) is 8.73. The van der Waals surface area contributed by atoms with Gasteiger partial charge in [0.15, 0.2) is 5.96 Å². The fourth-order valence-corrected chi connectivity index (χ4v) is 3.90. The Morgan fingerprint density at radius 1 is 1.28 bits per heavy atom. The number of halogens is 2. The van der Waals surface area contributed by atoms with Gasteiger partial charge in [0.05, 0.1) is 0 Å². The van der Waals surface area contributed by atoms with E-state index in [9.17, 15) is 4.39 Å². The quantitative estimate of drug-likeness (QED) is 0.295. The molecule has 0 unspecified atom stereocenters. The van der Waals surface area contributed by atoms with Gasteiger partial charge in [0.2, 0.25) is 0 Å². The molecule has 0 bridgehead atoms. The number of nitrogens with zero attached hydrogens (tertiary/aromatic N) is 2. The van der Waals surface area contributed by atoms with E-state index in [0.717, 1.165) is 35.3 Å². The number of benzene rings is 1. The molecule has 2 aliphatic rings. The molecule has 0 aromatic heterocycles. The number of piperidine rings is 1. The number of hydrogen-bond acceptors (Lipinski definition) is 3. The van der Waals surface area contributed by atoms with Crippen molar-refractivity contribution in [1.82, 2.24) is 15.5 Å². The molecular formula is C18H28FIN4S. The molecule has 0 amide bonds. The lowest BCUT2D eigenvalue weighted by Gasteiger charge is -2.33. The zero-order valence-corrected chi connectivity index (χ0v) is 18.1. The molecule has 1 aliphatic heterocycles. The summed E-state index contributed by atoms with van der Waals surface area (Å²) in [5, 5.41) is 6.85. The molecule has 1 aliphatic carbocycles. The Kier molecular flexibility index (Phi) is 8.28. The molecule has 2 N–H and O–H groups in total. The molecule has 0 atom stereocenters. The van der Waals surface area contributed by atoms with Crippen LogP contribution in [-0.2, 0) is 6.54 Å². The predicted molar refractivity (Wildman–Crippen MR) is 115 cm³/mol. The monoisotopic (exact) mass is 478 g/mol. The maximum absolute atomic E-state index is 13.5. The van der Waals surface area contributed by atoms with E-state index in [-0.39, 0.29) is 29.8 Å². The summed E-state index contributed by atoms with van der Waals surface area (Å²) in [5.74, 6) is 0.608. The molecular weight excluding hydrogens is 450 g/mol.